The Morgan fingerprint density at radius 2 is 1.91 bits per heavy atom. The van der Waals surface area contributed by atoms with Crippen LogP contribution in [0.3, 0.4) is 0 Å². The maximum atomic E-state index is 5.94. The number of hydrogen-bond acceptors (Lipinski definition) is 4. The van der Waals surface area contributed by atoms with Crippen LogP contribution in [0.1, 0.15) is 30.3 Å². The molecule has 0 amide bonds. The minimum Gasteiger partial charge on any atom is -0.491 e. The number of nitrogens with one attached hydrogen (secondary N) is 2. The number of ether oxygens (including phenoxy) is 2. The monoisotopic (exact) mass is 565 g/mol. The molecule has 7 nitrogen and oxygen atoms in total. The molecular weight excluding hydrogens is 529 g/mol. The van der Waals surface area contributed by atoms with Gasteiger partial charge in [-0.05, 0) is 51.0 Å². The molecule has 33 heavy (non-hydrogen) atoms. The molecule has 0 atom stereocenters. The van der Waals surface area contributed by atoms with E-state index in [9.17, 15) is 0 Å². The first-order chi connectivity index (χ1) is 15.6. The lowest BCUT2D eigenvalue weighted by Crippen LogP contribution is -2.37. The van der Waals surface area contributed by atoms with Crippen molar-refractivity contribution >= 4 is 41.0 Å². The van der Waals surface area contributed by atoms with Crippen molar-refractivity contribution < 1.29 is 9.47 Å². The number of benzene rings is 2. The zero-order valence-electron chi connectivity index (χ0n) is 20.1. The van der Waals surface area contributed by atoms with Crippen LogP contribution in [-0.2, 0) is 17.8 Å². The highest BCUT2D eigenvalue weighted by Gasteiger charge is 2.08. The summed E-state index contributed by atoms with van der Waals surface area (Å²) in [5, 5.41) is 6.80. The Morgan fingerprint density at radius 3 is 2.70 bits per heavy atom. The topological polar surface area (TPSA) is 72.7 Å². The van der Waals surface area contributed by atoms with Crippen LogP contribution in [0.5, 0.6) is 5.75 Å². The summed E-state index contributed by atoms with van der Waals surface area (Å²) in [6, 6.07) is 14.5. The van der Waals surface area contributed by atoms with Crippen LogP contribution in [0, 0.1) is 13.8 Å². The predicted octanol–water partition coefficient (Wildman–Crippen LogP) is 4.44. The van der Waals surface area contributed by atoms with E-state index in [1.54, 1.807) is 7.05 Å². The van der Waals surface area contributed by atoms with Gasteiger partial charge in [0.1, 0.15) is 18.2 Å². The minimum atomic E-state index is 0. The number of guanidine groups is 1. The zero-order chi connectivity index (χ0) is 22.8. The molecule has 3 rings (SSSR count). The maximum Gasteiger partial charge on any atom is 0.191 e. The fraction of sp³-hybridized carbons (Fsp3) is 0.440. The molecule has 0 saturated carbocycles. The van der Waals surface area contributed by atoms with E-state index >= 15 is 0 Å². The van der Waals surface area contributed by atoms with Gasteiger partial charge in [0, 0.05) is 38.9 Å². The smallest absolute Gasteiger partial charge is 0.191 e. The Kier molecular flexibility index (Phi) is 11.5. The number of para-hydroxylation sites is 2. The van der Waals surface area contributed by atoms with Crippen molar-refractivity contribution in [2.45, 2.75) is 40.3 Å². The van der Waals surface area contributed by atoms with Crippen molar-refractivity contribution in [1.82, 2.24) is 20.2 Å². The maximum absolute atomic E-state index is 5.94. The number of imidazole rings is 1. The second-order valence-electron chi connectivity index (χ2n) is 7.66. The van der Waals surface area contributed by atoms with Crippen LogP contribution in [0.4, 0.5) is 0 Å². The van der Waals surface area contributed by atoms with Gasteiger partial charge in [-0.1, -0.05) is 24.3 Å². The predicted molar refractivity (Wildman–Crippen MR) is 146 cm³/mol. The molecule has 0 spiro atoms. The molecule has 2 N–H and O–H groups in total. The number of aliphatic imine (C=N–C) groups is 1. The van der Waals surface area contributed by atoms with Gasteiger partial charge in [-0.15, -0.1) is 24.0 Å². The van der Waals surface area contributed by atoms with Gasteiger partial charge in [0.2, 0.25) is 0 Å². The fourth-order valence-electron chi connectivity index (χ4n) is 3.62. The summed E-state index contributed by atoms with van der Waals surface area (Å²) in [6.45, 7) is 10.3. The van der Waals surface area contributed by atoms with Gasteiger partial charge >= 0.3 is 0 Å². The molecule has 0 aliphatic rings. The van der Waals surface area contributed by atoms with Crippen LogP contribution >= 0.6 is 24.0 Å². The molecule has 0 unspecified atom stereocenters. The molecule has 3 aromatic rings. The summed E-state index contributed by atoms with van der Waals surface area (Å²) < 4.78 is 13.6. The Bertz CT molecular complexity index is 1030. The second kappa shape index (κ2) is 14.0. The van der Waals surface area contributed by atoms with Crippen molar-refractivity contribution in [3.63, 3.8) is 0 Å². The van der Waals surface area contributed by atoms with E-state index in [1.807, 2.05) is 13.0 Å². The minimum absolute atomic E-state index is 0. The SMILES string of the molecule is CCOCCOc1cc(C)ccc1CNC(=NC)NCCCn1c(C)nc2ccccc21.I. The summed E-state index contributed by atoms with van der Waals surface area (Å²) in [4.78, 5) is 8.99. The summed E-state index contributed by atoms with van der Waals surface area (Å²) in [5.41, 5.74) is 4.50. The zero-order valence-corrected chi connectivity index (χ0v) is 22.4. The molecule has 1 aromatic heterocycles. The van der Waals surface area contributed by atoms with Crippen molar-refractivity contribution in [2.75, 3.05) is 33.4 Å². The average molecular weight is 566 g/mol. The Hall–Kier alpha value is -2.33. The summed E-state index contributed by atoms with van der Waals surface area (Å²) in [7, 11) is 1.79. The van der Waals surface area contributed by atoms with E-state index in [0.717, 1.165) is 48.1 Å². The fourth-order valence-corrected chi connectivity index (χ4v) is 3.62. The third kappa shape index (κ3) is 7.89. The quantitative estimate of drug-likeness (QED) is 0.156. The third-order valence-electron chi connectivity index (χ3n) is 5.28. The lowest BCUT2D eigenvalue weighted by Gasteiger charge is -2.16. The van der Waals surface area contributed by atoms with Gasteiger partial charge in [-0.2, -0.15) is 0 Å². The number of fused-ring (bicyclic) bond motifs is 1. The second-order valence-corrected chi connectivity index (χ2v) is 7.66. The van der Waals surface area contributed by atoms with E-state index in [2.05, 4.69) is 75.4 Å². The third-order valence-corrected chi connectivity index (χ3v) is 5.28. The highest BCUT2D eigenvalue weighted by atomic mass is 127. The van der Waals surface area contributed by atoms with Gasteiger partial charge < -0.3 is 24.7 Å². The summed E-state index contributed by atoms with van der Waals surface area (Å²) >= 11 is 0. The van der Waals surface area contributed by atoms with E-state index < -0.39 is 0 Å². The van der Waals surface area contributed by atoms with Crippen LogP contribution < -0.4 is 15.4 Å². The average Bonchev–Trinajstić information content (AvgIpc) is 3.12. The molecule has 180 valence electrons. The lowest BCUT2D eigenvalue weighted by atomic mass is 10.1. The molecule has 8 heteroatoms. The van der Waals surface area contributed by atoms with Crippen LogP contribution in [-0.4, -0.2) is 48.9 Å². The van der Waals surface area contributed by atoms with Crippen molar-refractivity contribution in [3.8, 4) is 5.75 Å². The van der Waals surface area contributed by atoms with Gasteiger partial charge in [-0.25, -0.2) is 4.98 Å². The molecule has 0 fully saturated rings. The highest BCUT2D eigenvalue weighted by molar-refractivity contribution is 14.0. The molecule has 0 bridgehead atoms. The molecule has 0 radical (unpaired) electrons. The Balaban J connectivity index is 0.00000385. The number of rotatable bonds is 11. The Labute approximate surface area is 214 Å². The number of aromatic nitrogens is 2. The van der Waals surface area contributed by atoms with Crippen LogP contribution in [0.2, 0.25) is 0 Å². The normalized spacial score (nSPS) is 11.3. The molecule has 2 aromatic carbocycles. The molecule has 0 aliphatic carbocycles. The van der Waals surface area contributed by atoms with E-state index in [0.29, 0.717) is 26.4 Å². The van der Waals surface area contributed by atoms with Crippen LogP contribution in [0.25, 0.3) is 11.0 Å². The van der Waals surface area contributed by atoms with Crippen LogP contribution in [0.15, 0.2) is 47.5 Å². The lowest BCUT2D eigenvalue weighted by molar-refractivity contribution is 0.110. The first-order valence-corrected chi connectivity index (χ1v) is 11.3. The molecule has 0 aliphatic heterocycles. The molecule has 0 saturated heterocycles. The largest absolute Gasteiger partial charge is 0.491 e. The first-order valence-electron chi connectivity index (χ1n) is 11.3. The molecular formula is C25H36IN5O2. The standard InChI is InChI=1S/C25H35N5O2.HI/c1-5-31-15-16-32-24-17-19(2)11-12-21(24)18-28-25(26-4)27-13-8-14-30-20(3)29-22-9-6-7-10-23(22)30;/h6-7,9-12,17H,5,8,13-16,18H2,1-4H3,(H2,26,27,28);1H. The highest BCUT2D eigenvalue weighted by Crippen LogP contribution is 2.20. The molecule has 1 heterocycles. The summed E-state index contributed by atoms with van der Waals surface area (Å²) in [6.07, 6.45) is 0.970. The van der Waals surface area contributed by atoms with Gasteiger partial charge in [0.25, 0.3) is 0 Å². The van der Waals surface area contributed by atoms with Gasteiger partial charge in [-0.3, -0.25) is 4.99 Å². The number of halogens is 1. The van der Waals surface area contributed by atoms with Crippen molar-refractivity contribution in [1.29, 1.82) is 0 Å². The number of aryl methyl sites for hydroxylation is 3. The van der Waals surface area contributed by atoms with E-state index in [-0.39, 0.29) is 24.0 Å². The van der Waals surface area contributed by atoms with Crippen molar-refractivity contribution in [3.05, 3.63) is 59.4 Å². The van der Waals surface area contributed by atoms with E-state index in [4.69, 9.17) is 9.47 Å². The number of hydrogen-bond donors (Lipinski definition) is 2. The first kappa shape index (κ1) is 26.9. The van der Waals surface area contributed by atoms with Gasteiger partial charge in [0.15, 0.2) is 5.96 Å². The van der Waals surface area contributed by atoms with Crippen molar-refractivity contribution in [2.24, 2.45) is 4.99 Å². The Morgan fingerprint density at radius 1 is 1.09 bits per heavy atom. The number of nitrogens with zero attached hydrogens (tertiary/aromatic N) is 3. The van der Waals surface area contributed by atoms with Gasteiger partial charge in [0.05, 0.1) is 17.6 Å². The van der Waals surface area contributed by atoms with E-state index in [1.165, 1.54) is 11.1 Å². The summed E-state index contributed by atoms with van der Waals surface area (Å²) in [5.74, 6) is 2.71.